The molecule has 0 fully saturated rings. The molecule has 218 valence electrons. The van der Waals surface area contributed by atoms with Gasteiger partial charge in [0.25, 0.3) is 0 Å². The summed E-state index contributed by atoms with van der Waals surface area (Å²) in [5.41, 5.74) is 3.69. The number of para-hydroxylation sites is 1. The van der Waals surface area contributed by atoms with Gasteiger partial charge in [-0.2, -0.15) is 0 Å². The van der Waals surface area contributed by atoms with Crippen molar-refractivity contribution in [2.24, 2.45) is 4.99 Å². The first-order chi connectivity index (χ1) is 20.7. The number of aryl methyl sites for hydroxylation is 1. The molecule has 1 unspecified atom stereocenters. The van der Waals surface area contributed by atoms with E-state index in [2.05, 4.69) is 36.2 Å². The maximum Gasteiger partial charge on any atom is 0.338 e. The van der Waals surface area contributed by atoms with Gasteiger partial charge in [-0.3, -0.25) is 9.98 Å². The third kappa shape index (κ3) is 7.32. The molecule has 0 saturated carbocycles. The Morgan fingerprint density at radius 3 is 2.55 bits per heavy atom. The summed E-state index contributed by atoms with van der Waals surface area (Å²) in [5, 5.41) is 4.34. The topological polar surface area (TPSA) is 89.2 Å². The number of carbonyl (C=O) groups is 1. The van der Waals surface area contributed by atoms with Crippen LogP contribution in [0.5, 0.6) is 0 Å². The molecular formula is C34H38N4O4. The number of hydrogen-bond donors (Lipinski definition) is 1. The number of carbonyl (C=O) groups excluding carboxylic acids is 1. The quantitative estimate of drug-likeness (QED) is 0.155. The van der Waals surface area contributed by atoms with E-state index >= 15 is 0 Å². The zero-order valence-electron chi connectivity index (χ0n) is 24.3. The number of furan rings is 1. The second kappa shape index (κ2) is 14.6. The summed E-state index contributed by atoms with van der Waals surface area (Å²) in [5.74, 6) is 0.653. The fourth-order valence-electron chi connectivity index (χ4n) is 5.01. The zero-order valence-corrected chi connectivity index (χ0v) is 24.3. The van der Waals surface area contributed by atoms with Crippen molar-refractivity contribution >= 4 is 22.7 Å². The molecule has 0 spiro atoms. The summed E-state index contributed by atoms with van der Waals surface area (Å²) in [6.07, 6.45) is 3.14. The molecule has 1 aliphatic rings. The maximum atomic E-state index is 13.8. The van der Waals surface area contributed by atoms with Crippen molar-refractivity contribution in [2.75, 3.05) is 39.5 Å². The SMILES string of the molecule is CCN(CC)CCOCC1=C(C(=O)OCCCc2ccccc2)C(c2ccc3ccccc3n2)N=C(c2ccco2)N1. The number of aliphatic imine (C=N–C) groups is 1. The van der Waals surface area contributed by atoms with Crippen LogP contribution in [0.1, 0.15) is 43.3 Å². The number of likely N-dealkylation sites (N-methyl/N-ethyl adjacent to an activating group) is 1. The fraction of sp³-hybridized carbons (Fsp3) is 0.324. The van der Waals surface area contributed by atoms with E-state index in [-0.39, 0.29) is 6.61 Å². The molecule has 0 amide bonds. The molecule has 2 aromatic carbocycles. The average Bonchev–Trinajstić information content (AvgIpc) is 3.58. The van der Waals surface area contributed by atoms with Gasteiger partial charge in [-0.25, -0.2) is 4.79 Å². The Bertz CT molecular complexity index is 1510. The molecule has 42 heavy (non-hydrogen) atoms. The number of nitrogens with zero attached hydrogens (tertiary/aromatic N) is 3. The Hall–Kier alpha value is -4.27. The molecule has 1 atom stereocenters. The second-order valence-corrected chi connectivity index (χ2v) is 10.1. The predicted molar refractivity (Wildman–Crippen MR) is 164 cm³/mol. The van der Waals surface area contributed by atoms with Gasteiger partial charge in [0.05, 0.1) is 48.6 Å². The number of nitrogens with one attached hydrogen (secondary N) is 1. The predicted octanol–water partition coefficient (Wildman–Crippen LogP) is 5.71. The standard InChI is InChI=1S/C34H38N4O4/c1-3-38(4-2)20-23-40-24-29-31(34(39)42-22-10-14-25-12-6-5-7-13-25)32(37-33(36-29)30-17-11-21-41-30)28-19-18-26-15-8-9-16-27(26)35-28/h5-9,11-13,15-19,21,32H,3-4,10,14,20,22-24H2,1-2H3,(H,36,37). The first-order valence-electron chi connectivity index (χ1n) is 14.6. The number of fused-ring (bicyclic) bond motifs is 1. The van der Waals surface area contributed by atoms with Crippen molar-refractivity contribution < 1.29 is 18.7 Å². The van der Waals surface area contributed by atoms with Crippen LogP contribution in [-0.2, 0) is 20.7 Å². The highest BCUT2D eigenvalue weighted by Crippen LogP contribution is 2.33. The highest BCUT2D eigenvalue weighted by Gasteiger charge is 2.34. The fourth-order valence-corrected chi connectivity index (χ4v) is 5.01. The van der Waals surface area contributed by atoms with Crippen molar-refractivity contribution in [3.05, 3.63) is 113 Å². The van der Waals surface area contributed by atoms with Crippen LogP contribution in [0.15, 0.2) is 106 Å². The molecule has 0 bridgehead atoms. The monoisotopic (exact) mass is 566 g/mol. The lowest BCUT2D eigenvalue weighted by Crippen LogP contribution is -2.36. The minimum Gasteiger partial charge on any atom is -0.462 e. The number of hydrogen-bond acceptors (Lipinski definition) is 8. The zero-order chi connectivity index (χ0) is 29.1. The third-order valence-corrected chi connectivity index (χ3v) is 7.38. The molecule has 3 heterocycles. The van der Waals surface area contributed by atoms with Crippen LogP contribution in [0.2, 0.25) is 0 Å². The molecule has 0 saturated heterocycles. The minimum atomic E-state index is -0.695. The number of ether oxygens (including phenoxy) is 2. The second-order valence-electron chi connectivity index (χ2n) is 10.1. The Balaban J connectivity index is 1.43. The lowest BCUT2D eigenvalue weighted by atomic mass is 9.98. The number of pyridine rings is 1. The van der Waals surface area contributed by atoms with Crippen molar-refractivity contribution in [3.63, 3.8) is 0 Å². The molecular weight excluding hydrogens is 528 g/mol. The number of esters is 1. The lowest BCUT2D eigenvalue weighted by molar-refractivity contribution is -0.139. The van der Waals surface area contributed by atoms with Crippen LogP contribution in [0.25, 0.3) is 10.9 Å². The smallest absolute Gasteiger partial charge is 0.338 e. The van der Waals surface area contributed by atoms with Gasteiger partial charge in [0.2, 0.25) is 0 Å². The summed E-state index contributed by atoms with van der Waals surface area (Å²) in [4.78, 5) is 25.9. The maximum absolute atomic E-state index is 13.8. The van der Waals surface area contributed by atoms with Gasteiger partial charge < -0.3 is 24.1 Å². The van der Waals surface area contributed by atoms with E-state index in [1.807, 2.05) is 66.7 Å². The van der Waals surface area contributed by atoms with Gasteiger partial charge in [-0.1, -0.05) is 68.4 Å². The first-order valence-corrected chi connectivity index (χ1v) is 14.6. The van der Waals surface area contributed by atoms with Crippen LogP contribution in [-0.4, -0.2) is 61.1 Å². The Morgan fingerprint density at radius 1 is 0.952 bits per heavy atom. The van der Waals surface area contributed by atoms with Crippen LogP contribution in [0.3, 0.4) is 0 Å². The molecule has 4 aromatic rings. The number of amidine groups is 1. The number of rotatable bonds is 14. The summed E-state index contributed by atoms with van der Waals surface area (Å²) >= 11 is 0. The highest BCUT2D eigenvalue weighted by molar-refractivity contribution is 6.02. The van der Waals surface area contributed by atoms with Crippen molar-refractivity contribution in [2.45, 2.75) is 32.7 Å². The van der Waals surface area contributed by atoms with E-state index < -0.39 is 12.0 Å². The van der Waals surface area contributed by atoms with E-state index in [0.29, 0.717) is 48.2 Å². The van der Waals surface area contributed by atoms with Crippen LogP contribution >= 0.6 is 0 Å². The Morgan fingerprint density at radius 2 is 1.76 bits per heavy atom. The van der Waals surface area contributed by atoms with Gasteiger partial charge in [0, 0.05) is 11.9 Å². The van der Waals surface area contributed by atoms with Gasteiger partial charge in [0.1, 0.15) is 6.04 Å². The van der Waals surface area contributed by atoms with Gasteiger partial charge >= 0.3 is 5.97 Å². The minimum absolute atomic E-state index is 0.194. The normalized spacial score (nSPS) is 15.1. The molecule has 1 N–H and O–H groups in total. The van der Waals surface area contributed by atoms with E-state index in [9.17, 15) is 4.79 Å². The molecule has 5 rings (SSSR count). The van der Waals surface area contributed by atoms with E-state index in [1.165, 1.54) is 5.56 Å². The van der Waals surface area contributed by atoms with Gasteiger partial charge in [0.15, 0.2) is 11.6 Å². The molecule has 1 aliphatic heterocycles. The summed E-state index contributed by atoms with van der Waals surface area (Å²) < 4.78 is 17.7. The van der Waals surface area contributed by atoms with Crippen molar-refractivity contribution in [1.82, 2.24) is 15.2 Å². The molecule has 8 heteroatoms. The van der Waals surface area contributed by atoms with E-state index in [4.69, 9.17) is 23.9 Å². The van der Waals surface area contributed by atoms with E-state index in [0.717, 1.165) is 37.0 Å². The van der Waals surface area contributed by atoms with Crippen LogP contribution in [0.4, 0.5) is 0 Å². The van der Waals surface area contributed by atoms with Crippen LogP contribution in [0, 0.1) is 0 Å². The lowest BCUT2D eigenvalue weighted by Gasteiger charge is -2.27. The first kappa shape index (κ1) is 29.2. The molecule has 2 aromatic heterocycles. The van der Waals surface area contributed by atoms with Gasteiger partial charge in [-0.05, 0) is 55.8 Å². The Labute approximate surface area is 247 Å². The van der Waals surface area contributed by atoms with Gasteiger partial charge in [-0.15, -0.1) is 0 Å². The summed E-state index contributed by atoms with van der Waals surface area (Å²) in [7, 11) is 0. The molecule has 8 nitrogen and oxygen atoms in total. The van der Waals surface area contributed by atoms with Crippen molar-refractivity contribution in [3.8, 4) is 0 Å². The highest BCUT2D eigenvalue weighted by atomic mass is 16.5. The van der Waals surface area contributed by atoms with E-state index in [1.54, 1.807) is 6.26 Å². The number of aromatic nitrogens is 1. The largest absolute Gasteiger partial charge is 0.462 e. The summed E-state index contributed by atoms with van der Waals surface area (Å²) in [6.45, 7) is 7.98. The Kier molecular flexibility index (Phi) is 10.1. The number of benzene rings is 2. The van der Waals surface area contributed by atoms with Crippen LogP contribution < -0.4 is 5.32 Å². The summed E-state index contributed by atoms with van der Waals surface area (Å²) in [6, 6.07) is 25.0. The average molecular weight is 567 g/mol. The third-order valence-electron chi connectivity index (χ3n) is 7.38. The molecule has 0 radical (unpaired) electrons. The molecule has 0 aliphatic carbocycles. The van der Waals surface area contributed by atoms with Crippen molar-refractivity contribution in [1.29, 1.82) is 0 Å².